The molecule has 3 N–H and O–H groups in total. The summed E-state index contributed by atoms with van der Waals surface area (Å²) in [5.41, 5.74) is 5.85. The zero-order valence-corrected chi connectivity index (χ0v) is 10.1. The molecule has 0 bridgehead atoms. The second-order valence-corrected chi connectivity index (χ2v) is 4.48. The number of aliphatic hydroxyl groups excluding tert-OH is 1. The van der Waals surface area contributed by atoms with E-state index in [0.717, 1.165) is 6.07 Å². The Labute approximate surface area is 104 Å². The van der Waals surface area contributed by atoms with E-state index in [1.165, 1.54) is 6.07 Å². The number of ether oxygens (including phenoxy) is 1. The van der Waals surface area contributed by atoms with Crippen LogP contribution in [0.15, 0.2) is 12.1 Å². The molecule has 6 heteroatoms. The minimum atomic E-state index is -0.773. The van der Waals surface area contributed by atoms with Crippen LogP contribution in [0.3, 0.4) is 0 Å². The van der Waals surface area contributed by atoms with E-state index in [9.17, 15) is 8.78 Å². The predicted octanol–water partition coefficient (Wildman–Crippen LogP) is 1.13. The van der Waals surface area contributed by atoms with Crippen molar-refractivity contribution in [3.8, 4) is 0 Å². The van der Waals surface area contributed by atoms with Crippen LogP contribution in [0.25, 0.3) is 0 Å². The molecular weight excluding hydrogens is 242 g/mol. The highest BCUT2D eigenvalue weighted by Gasteiger charge is 2.27. The molecule has 0 spiro atoms. The summed E-state index contributed by atoms with van der Waals surface area (Å²) in [6, 6.07) is 1.96. The average Bonchev–Trinajstić information content (AvgIpc) is 2.32. The van der Waals surface area contributed by atoms with Gasteiger partial charge in [-0.1, -0.05) is 0 Å². The monoisotopic (exact) mass is 258 g/mol. The Bertz CT molecular complexity index is 442. The van der Waals surface area contributed by atoms with Crippen LogP contribution in [0.5, 0.6) is 0 Å². The average molecular weight is 258 g/mol. The van der Waals surface area contributed by atoms with Gasteiger partial charge in [0.2, 0.25) is 0 Å². The Morgan fingerprint density at radius 3 is 2.83 bits per heavy atom. The molecule has 0 radical (unpaired) electrons. The SMILES string of the molecule is CC1CN(c2cc(F)cc(F)c2N)CC(CO)O1. The predicted molar refractivity (Wildman–Crippen MR) is 64.4 cm³/mol. The highest BCUT2D eigenvalue weighted by Crippen LogP contribution is 2.29. The lowest BCUT2D eigenvalue weighted by Gasteiger charge is -2.38. The minimum Gasteiger partial charge on any atom is -0.395 e. The second kappa shape index (κ2) is 5.07. The molecule has 100 valence electrons. The van der Waals surface area contributed by atoms with E-state index in [2.05, 4.69) is 0 Å². The maximum atomic E-state index is 13.4. The first-order valence-electron chi connectivity index (χ1n) is 5.77. The van der Waals surface area contributed by atoms with Crippen molar-refractivity contribution in [3.63, 3.8) is 0 Å². The third kappa shape index (κ3) is 2.54. The van der Waals surface area contributed by atoms with Crippen molar-refractivity contribution >= 4 is 11.4 Å². The Kier molecular flexibility index (Phi) is 3.68. The fourth-order valence-corrected chi connectivity index (χ4v) is 2.18. The van der Waals surface area contributed by atoms with Crippen molar-refractivity contribution in [1.82, 2.24) is 0 Å². The smallest absolute Gasteiger partial charge is 0.151 e. The summed E-state index contributed by atoms with van der Waals surface area (Å²) in [5.74, 6) is -1.44. The summed E-state index contributed by atoms with van der Waals surface area (Å²) in [5, 5.41) is 9.12. The zero-order valence-electron chi connectivity index (χ0n) is 10.1. The molecule has 18 heavy (non-hydrogen) atoms. The summed E-state index contributed by atoms with van der Waals surface area (Å²) >= 11 is 0. The van der Waals surface area contributed by atoms with E-state index >= 15 is 0 Å². The Morgan fingerprint density at radius 1 is 1.44 bits per heavy atom. The molecule has 1 saturated heterocycles. The number of benzene rings is 1. The third-order valence-electron chi connectivity index (χ3n) is 2.94. The van der Waals surface area contributed by atoms with Gasteiger partial charge in [-0.2, -0.15) is 0 Å². The van der Waals surface area contributed by atoms with Crippen LogP contribution in [-0.4, -0.2) is 37.0 Å². The van der Waals surface area contributed by atoms with Crippen molar-refractivity contribution < 1.29 is 18.6 Å². The molecule has 1 heterocycles. The van der Waals surface area contributed by atoms with Crippen molar-refractivity contribution in [2.24, 2.45) is 0 Å². The van der Waals surface area contributed by atoms with E-state index in [-0.39, 0.29) is 24.5 Å². The van der Waals surface area contributed by atoms with Crippen LogP contribution in [-0.2, 0) is 4.74 Å². The standard InChI is InChI=1S/C12H16F2N2O2/c1-7-4-16(5-9(6-17)18-7)11-3-8(13)2-10(14)12(11)15/h2-3,7,9,17H,4-6,15H2,1H3. The van der Waals surface area contributed by atoms with Gasteiger partial charge in [0, 0.05) is 19.2 Å². The van der Waals surface area contributed by atoms with Crippen LogP contribution in [0.4, 0.5) is 20.2 Å². The molecule has 0 amide bonds. The lowest BCUT2D eigenvalue weighted by atomic mass is 10.1. The molecule has 0 saturated carbocycles. The molecule has 2 rings (SSSR count). The molecule has 2 unspecified atom stereocenters. The fraction of sp³-hybridized carbons (Fsp3) is 0.500. The van der Waals surface area contributed by atoms with Gasteiger partial charge in [-0.25, -0.2) is 8.78 Å². The number of aliphatic hydroxyl groups is 1. The first kappa shape index (κ1) is 13.0. The Balaban J connectivity index is 2.30. The van der Waals surface area contributed by atoms with Crippen LogP contribution in [0.1, 0.15) is 6.92 Å². The number of anilines is 2. The highest BCUT2D eigenvalue weighted by molar-refractivity contribution is 5.68. The maximum absolute atomic E-state index is 13.4. The van der Waals surface area contributed by atoms with Gasteiger partial charge in [0.25, 0.3) is 0 Å². The van der Waals surface area contributed by atoms with E-state index in [1.807, 2.05) is 6.92 Å². The number of morpholine rings is 1. The lowest BCUT2D eigenvalue weighted by molar-refractivity contribution is -0.0420. The normalized spacial score (nSPS) is 24.3. The van der Waals surface area contributed by atoms with Crippen LogP contribution in [0, 0.1) is 11.6 Å². The van der Waals surface area contributed by atoms with Crippen molar-refractivity contribution in [2.75, 3.05) is 30.3 Å². The molecule has 0 aliphatic carbocycles. The summed E-state index contributed by atoms with van der Waals surface area (Å²) in [4.78, 5) is 1.73. The molecule has 1 fully saturated rings. The molecular formula is C12H16F2N2O2. The number of hydrogen-bond acceptors (Lipinski definition) is 4. The first-order chi connectivity index (χ1) is 8.51. The van der Waals surface area contributed by atoms with Gasteiger partial charge in [0.05, 0.1) is 30.2 Å². The van der Waals surface area contributed by atoms with E-state index in [4.69, 9.17) is 15.6 Å². The number of rotatable bonds is 2. The van der Waals surface area contributed by atoms with Gasteiger partial charge in [-0.3, -0.25) is 0 Å². The van der Waals surface area contributed by atoms with Crippen molar-refractivity contribution in [1.29, 1.82) is 0 Å². The lowest BCUT2D eigenvalue weighted by Crippen LogP contribution is -2.48. The molecule has 1 aliphatic rings. The van der Waals surface area contributed by atoms with Crippen molar-refractivity contribution in [3.05, 3.63) is 23.8 Å². The van der Waals surface area contributed by atoms with Gasteiger partial charge < -0.3 is 20.5 Å². The molecule has 4 nitrogen and oxygen atoms in total. The molecule has 1 aromatic rings. The topological polar surface area (TPSA) is 58.7 Å². The van der Waals surface area contributed by atoms with Gasteiger partial charge >= 0.3 is 0 Å². The molecule has 0 aromatic heterocycles. The second-order valence-electron chi connectivity index (χ2n) is 4.48. The maximum Gasteiger partial charge on any atom is 0.151 e. The summed E-state index contributed by atoms with van der Waals surface area (Å²) < 4.78 is 32.1. The van der Waals surface area contributed by atoms with Crippen molar-refractivity contribution in [2.45, 2.75) is 19.1 Å². The number of halogens is 2. The quantitative estimate of drug-likeness (QED) is 0.781. The largest absolute Gasteiger partial charge is 0.395 e. The highest BCUT2D eigenvalue weighted by atomic mass is 19.1. The summed E-state index contributed by atoms with van der Waals surface area (Å²) in [6.07, 6.45) is -0.513. The molecule has 2 atom stereocenters. The van der Waals surface area contributed by atoms with Gasteiger partial charge in [-0.05, 0) is 13.0 Å². The molecule has 1 aliphatic heterocycles. The number of nitrogens with two attached hydrogens (primary N) is 1. The fourth-order valence-electron chi connectivity index (χ4n) is 2.18. The Morgan fingerprint density at radius 2 is 2.17 bits per heavy atom. The van der Waals surface area contributed by atoms with Gasteiger partial charge in [0.15, 0.2) is 5.82 Å². The van der Waals surface area contributed by atoms with Crippen LogP contribution >= 0.6 is 0 Å². The molecule has 1 aromatic carbocycles. The van der Waals surface area contributed by atoms with Crippen LogP contribution in [0.2, 0.25) is 0 Å². The summed E-state index contributed by atoms with van der Waals surface area (Å²) in [7, 11) is 0. The van der Waals surface area contributed by atoms with E-state index in [0.29, 0.717) is 18.8 Å². The van der Waals surface area contributed by atoms with E-state index in [1.54, 1.807) is 4.90 Å². The first-order valence-corrected chi connectivity index (χ1v) is 5.77. The summed E-state index contributed by atoms with van der Waals surface area (Å²) in [6.45, 7) is 2.52. The number of nitrogen functional groups attached to an aromatic ring is 1. The number of nitrogens with zero attached hydrogens (tertiary/aromatic N) is 1. The number of hydrogen-bond donors (Lipinski definition) is 2. The van der Waals surface area contributed by atoms with Gasteiger partial charge in [0.1, 0.15) is 5.82 Å². The third-order valence-corrected chi connectivity index (χ3v) is 2.94. The minimum absolute atomic E-state index is 0.0813. The van der Waals surface area contributed by atoms with Crippen LogP contribution < -0.4 is 10.6 Å². The van der Waals surface area contributed by atoms with E-state index < -0.39 is 11.6 Å². The Hall–Kier alpha value is -1.40. The van der Waals surface area contributed by atoms with Gasteiger partial charge in [-0.15, -0.1) is 0 Å². The zero-order chi connectivity index (χ0) is 13.3.